The number of H-pyrrole nitrogens is 1. The Hall–Kier alpha value is -13.3. The number of carboxylic acids is 1. The number of unbranched alkanes of at least 4 members (excludes halogenated alkanes) is 1. The number of carbonyl (C=O) groups is 16. The molecule has 0 unspecified atom stereocenters. The molecule has 7 aromatic rings. The number of nitrogens with zero attached hydrogens (tertiary/aromatic N) is 4. The second kappa shape index (κ2) is 49.0. The minimum absolute atomic E-state index is 0.0222. The van der Waals surface area contributed by atoms with E-state index >= 15 is 38.4 Å². The number of hydrogen-bond acceptors (Lipinski definition) is 19. The zero-order chi connectivity index (χ0) is 93.4. The number of rotatable bonds is 23. The van der Waals surface area contributed by atoms with Crippen molar-refractivity contribution in [2.75, 3.05) is 52.8 Å². The van der Waals surface area contributed by atoms with Crippen molar-refractivity contribution in [2.24, 2.45) is 23.5 Å². The number of nitrogens with one attached hydrogen (secondary N) is 9. The minimum atomic E-state index is -1.87. The number of carboxylic acid groups (broad SMARTS) is 1. The summed E-state index contributed by atoms with van der Waals surface area (Å²) in [4.78, 5) is 242. The van der Waals surface area contributed by atoms with E-state index in [1.54, 1.807) is 149 Å². The molecule has 0 saturated carbocycles. The van der Waals surface area contributed by atoms with Crippen LogP contribution in [-0.2, 0) is 115 Å². The van der Waals surface area contributed by atoms with Crippen LogP contribution in [0.4, 0.5) is 0 Å². The van der Waals surface area contributed by atoms with E-state index < -0.39 is 211 Å². The Morgan fingerprint density at radius 2 is 0.992 bits per heavy atom. The molecule has 128 heavy (non-hydrogen) atoms. The highest BCUT2D eigenvalue weighted by molar-refractivity contribution is 8.00. The highest BCUT2D eigenvalue weighted by Crippen LogP contribution is 2.26. The van der Waals surface area contributed by atoms with Crippen LogP contribution in [0.1, 0.15) is 119 Å². The van der Waals surface area contributed by atoms with Gasteiger partial charge in [-0.15, -0.1) is 11.8 Å². The molecule has 684 valence electrons. The van der Waals surface area contributed by atoms with Gasteiger partial charge in [0, 0.05) is 108 Å². The summed E-state index contributed by atoms with van der Waals surface area (Å²) in [5.41, 5.74) is 9.23. The Bertz CT molecular complexity index is 5020. The van der Waals surface area contributed by atoms with Gasteiger partial charge in [-0.25, -0.2) is 0 Å². The number of aromatic hydroxyl groups is 2. The maximum absolute atomic E-state index is 15.4. The van der Waals surface area contributed by atoms with Crippen LogP contribution in [0, 0.1) is 17.8 Å². The lowest BCUT2D eigenvalue weighted by molar-refractivity contribution is -0.148. The standard InChI is InChI=1S/C94H118N14O19S/c1-10-11-31-75-78(111)40-41-81(114)98-71(50-84(117)118)89(122)104-85(57(4)5)94(127)107(8)76(46-59-25-17-13-18-26-59)90(123)102-72(45-62-34-38-66(110)39-35-62)91(124)105(6)53-82(115)99-70(48-64-51-96-68-30-22-21-29-67(64)68)88(121)101-69(43-61-32-36-65(109)37-33-61)79(112)49-63(42-56(2)3)86(119)103-74(87(120)97-52-80(95)113)54-128-55-83(116)100-73(44-58-23-15-12-16-24-58)92(125)108(9)77(93(126)106(75)7)47-60-27-19-14-20-28-60/h12-30,32-39,51,56-57,63,69-77,85,96,109-110H,10-11,31,40-50,52-55H2,1-9H3,(H2,95,113)(H,97,120)(H,98,114)(H,99,115)(H,100,116)(H,101,121)(H,102,123)(H,103,119)(H,104,122)(H,117,118)/t63-,69+,70+,71+,72+,73+,74+,75+,76+,77+,85+/m1/s1. The number of Topliss-reactive ketones (excluding diaryl/α,β-unsaturated/α-hetero) is 2. The van der Waals surface area contributed by atoms with Gasteiger partial charge in [-0.2, -0.15) is 0 Å². The molecule has 14 N–H and O–H groups in total. The molecule has 34 heteroatoms. The highest BCUT2D eigenvalue weighted by atomic mass is 32.2. The van der Waals surface area contributed by atoms with Gasteiger partial charge in [-0.3, -0.25) is 76.7 Å². The third-order valence-corrected chi connectivity index (χ3v) is 23.3. The number of fused-ring (bicyclic) bond motifs is 1. The van der Waals surface area contributed by atoms with Crippen molar-refractivity contribution in [3.05, 3.63) is 203 Å². The summed E-state index contributed by atoms with van der Waals surface area (Å²) in [6.07, 6.45) is -1.23. The molecule has 1 aliphatic heterocycles. The molecule has 1 fully saturated rings. The van der Waals surface area contributed by atoms with Crippen molar-refractivity contribution in [1.29, 1.82) is 0 Å². The van der Waals surface area contributed by atoms with E-state index in [-0.39, 0.29) is 74.5 Å². The van der Waals surface area contributed by atoms with Crippen molar-refractivity contribution in [2.45, 2.75) is 185 Å². The molecule has 0 radical (unpaired) electrons. The molecule has 0 bridgehead atoms. The van der Waals surface area contributed by atoms with E-state index in [1.165, 1.54) is 86.5 Å². The van der Waals surface area contributed by atoms with Crippen LogP contribution in [0.15, 0.2) is 170 Å². The second-order valence-electron chi connectivity index (χ2n) is 33.1. The molecule has 2 heterocycles. The van der Waals surface area contributed by atoms with Crippen LogP contribution >= 0.6 is 11.8 Å². The quantitative estimate of drug-likeness (QED) is 0.0424. The summed E-state index contributed by atoms with van der Waals surface area (Å²) < 4.78 is 0. The van der Waals surface area contributed by atoms with Gasteiger partial charge in [-0.1, -0.05) is 181 Å². The molecule has 0 aliphatic carbocycles. The normalized spacial score (nSPS) is 22.0. The first-order valence-electron chi connectivity index (χ1n) is 42.8. The zero-order valence-electron chi connectivity index (χ0n) is 73.5. The summed E-state index contributed by atoms with van der Waals surface area (Å²) in [6.45, 7) is 7.13. The Balaban J connectivity index is 1.20. The number of aromatic nitrogens is 1. The SMILES string of the molecule is CCCC[C@H]1C(=O)CCC(=O)N[C@@H](CC(=O)O)C(=O)N[C@@H](C(C)C)C(=O)N(C)[C@@H](Cc2ccccc2)C(=O)N[C@@H](Cc2ccc(O)cc2)C(=O)N(C)CC(=O)N[C@@H](Cc2c[nH]c3ccccc23)C(=O)N[C@@H](Cc2ccc(O)cc2)C(=O)C[C@@H](CC(C)C)C(=O)N[C@H](C(=O)NCC(N)=O)CSCC(=O)N[C@@H](Cc2ccccc2)C(=O)N(C)[C@@H](Cc2ccccc2)C(=O)N1C. The third kappa shape index (κ3) is 30.5. The lowest BCUT2D eigenvalue weighted by Crippen LogP contribution is -2.60. The predicted octanol–water partition coefficient (Wildman–Crippen LogP) is 4.31. The molecule has 1 aliphatic rings. The van der Waals surface area contributed by atoms with Crippen LogP contribution in [0.3, 0.4) is 0 Å². The Labute approximate surface area is 748 Å². The third-order valence-electron chi connectivity index (χ3n) is 22.3. The summed E-state index contributed by atoms with van der Waals surface area (Å²) in [5, 5.41) is 53.0. The molecule has 6 aromatic carbocycles. The monoisotopic (exact) mass is 1780 g/mol. The summed E-state index contributed by atoms with van der Waals surface area (Å²) in [7, 11) is 5.33. The first kappa shape index (κ1) is 100. The average Bonchev–Trinajstić information content (AvgIpc) is 1.05. The van der Waals surface area contributed by atoms with Crippen molar-refractivity contribution in [3.8, 4) is 11.5 Å². The number of carbonyl (C=O) groups excluding carboxylic acids is 15. The van der Waals surface area contributed by atoms with Gasteiger partial charge < -0.3 is 88.2 Å². The van der Waals surface area contributed by atoms with Crippen LogP contribution in [0.5, 0.6) is 11.5 Å². The van der Waals surface area contributed by atoms with Crippen molar-refractivity contribution in [1.82, 2.24) is 67.1 Å². The van der Waals surface area contributed by atoms with Crippen molar-refractivity contribution >= 4 is 117 Å². The maximum Gasteiger partial charge on any atom is 0.305 e. The molecular formula is C94H118N14O19S. The fourth-order valence-electron chi connectivity index (χ4n) is 15.2. The first-order valence-corrected chi connectivity index (χ1v) is 43.9. The highest BCUT2D eigenvalue weighted by Gasteiger charge is 2.42. The topological polar surface area (TPSA) is 485 Å². The molecule has 33 nitrogen and oxygen atoms in total. The molecule has 13 amide bonds. The van der Waals surface area contributed by atoms with Gasteiger partial charge in [0.15, 0.2) is 11.6 Å². The number of phenolic OH excluding ortho intramolecular Hbond substituents is 2. The first-order chi connectivity index (χ1) is 61.0. The molecule has 0 spiro atoms. The molecule has 1 saturated heterocycles. The average molecular weight is 1780 g/mol. The smallest absolute Gasteiger partial charge is 0.305 e. The fraction of sp³-hybridized carbons (Fsp3) is 0.426. The fourth-order valence-corrected chi connectivity index (χ4v) is 16.1. The predicted molar refractivity (Wildman–Crippen MR) is 480 cm³/mol. The van der Waals surface area contributed by atoms with Gasteiger partial charge in [0.2, 0.25) is 76.8 Å². The Kier molecular flexibility index (Phi) is 38.3. The number of likely N-dealkylation sites (N-methyl/N-ethyl adjacent to an activating group) is 4. The number of aliphatic carboxylic acids is 1. The van der Waals surface area contributed by atoms with Crippen LogP contribution in [0.2, 0.25) is 0 Å². The van der Waals surface area contributed by atoms with Gasteiger partial charge >= 0.3 is 5.97 Å². The van der Waals surface area contributed by atoms with Crippen LogP contribution in [0.25, 0.3) is 10.9 Å². The Morgan fingerprint density at radius 3 is 1.55 bits per heavy atom. The second-order valence-corrected chi connectivity index (χ2v) is 34.2. The summed E-state index contributed by atoms with van der Waals surface area (Å²) >= 11 is 0.853. The number of nitrogens with two attached hydrogens (primary N) is 1. The summed E-state index contributed by atoms with van der Waals surface area (Å²) in [5.74, 6) is -17.7. The van der Waals surface area contributed by atoms with E-state index in [9.17, 15) is 53.7 Å². The number of amides is 13. The lowest BCUT2D eigenvalue weighted by atomic mass is 9.88. The van der Waals surface area contributed by atoms with Crippen LogP contribution in [-0.4, -0.2) is 247 Å². The van der Waals surface area contributed by atoms with Crippen molar-refractivity contribution < 1.29 is 92.0 Å². The number of para-hydroxylation sites is 1. The van der Waals surface area contributed by atoms with E-state index in [2.05, 4.69) is 47.5 Å². The Morgan fingerprint density at radius 1 is 0.492 bits per heavy atom. The molecule has 11 atom stereocenters. The van der Waals surface area contributed by atoms with E-state index in [0.717, 1.165) is 21.6 Å². The lowest BCUT2D eigenvalue weighted by Gasteiger charge is -2.36. The molecule has 1 aromatic heterocycles. The molecule has 8 rings (SSSR count). The van der Waals surface area contributed by atoms with E-state index in [0.29, 0.717) is 57.1 Å². The number of primary amides is 1. The van der Waals surface area contributed by atoms with E-state index in [1.807, 2.05) is 6.92 Å². The number of ketones is 2. The van der Waals surface area contributed by atoms with Gasteiger partial charge in [0.25, 0.3) is 0 Å². The van der Waals surface area contributed by atoms with Gasteiger partial charge in [0.1, 0.15) is 59.8 Å². The number of thioether (sulfide) groups is 1. The number of benzene rings is 6. The number of phenols is 2. The van der Waals surface area contributed by atoms with Gasteiger partial charge in [0.05, 0.1) is 37.3 Å². The minimum Gasteiger partial charge on any atom is -0.508 e. The van der Waals surface area contributed by atoms with Crippen LogP contribution < -0.4 is 48.3 Å². The largest absolute Gasteiger partial charge is 0.508 e. The number of hydrogen-bond donors (Lipinski definition) is 13. The van der Waals surface area contributed by atoms with Gasteiger partial charge in [-0.05, 0) is 94.8 Å². The zero-order valence-corrected chi connectivity index (χ0v) is 74.4. The molecular weight excluding hydrogens is 1660 g/mol. The number of aromatic amines is 1. The van der Waals surface area contributed by atoms with Crippen molar-refractivity contribution in [3.63, 3.8) is 0 Å². The summed E-state index contributed by atoms with van der Waals surface area (Å²) in [6, 6.07) is 29.4. The van der Waals surface area contributed by atoms with E-state index in [4.69, 9.17) is 5.73 Å². The maximum atomic E-state index is 15.4.